The summed E-state index contributed by atoms with van der Waals surface area (Å²) in [5, 5.41) is 0. The summed E-state index contributed by atoms with van der Waals surface area (Å²) in [6.07, 6.45) is 5.15. The highest BCUT2D eigenvalue weighted by atomic mass is 19.1. The lowest BCUT2D eigenvalue weighted by atomic mass is 9.81. The first-order chi connectivity index (χ1) is 9.45. The lowest BCUT2D eigenvalue weighted by Crippen LogP contribution is -2.52. The van der Waals surface area contributed by atoms with E-state index in [1.54, 1.807) is 0 Å². The van der Waals surface area contributed by atoms with Crippen LogP contribution in [0.1, 0.15) is 52.4 Å². The molecule has 3 rings (SSSR count). The lowest BCUT2D eigenvalue weighted by Gasteiger charge is -2.38. The summed E-state index contributed by atoms with van der Waals surface area (Å²) in [5.74, 6) is 0.422. The Kier molecular flexibility index (Phi) is 3.56. The van der Waals surface area contributed by atoms with Crippen LogP contribution in [-0.2, 0) is 4.79 Å². The largest absolute Gasteiger partial charge is 0.338 e. The number of likely N-dealkylation sites (tertiary alicyclic amines) is 2. The average Bonchev–Trinajstić information content (AvgIpc) is 2.94. The van der Waals surface area contributed by atoms with E-state index in [9.17, 15) is 9.18 Å². The summed E-state index contributed by atoms with van der Waals surface area (Å²) in [6, 6.07) is 0. The van der Waals surface area contributed by atoms with Crippen LogP contribution in [0, 0.1) is 5.92 Å². The summed E-state index contributed by atoms with van der Waals surface area (Å²) in [7, 11) is 0. The van der Waals surface area contributed by atoms with Gasteiger partial charge in [0.15, 0.2) is 5.67 Å². The second kappa shape index (κ2) is 4.97. The van der Waals surface area contributed by atoms with Gasteiger partial charge in [-0.25, -0.2) is 4.39 Å². The van der Waals surface area contributed by atoms with Crippen LogP contribution in [0.5, 0.6) is 0 Å². The Hall–Kier alpha value is -0.640. The number of rotatable bonds is 3. The van der Waals surface area contributed by atoms with Gasteiger partial charge in [0.2, 0.25) is 0 Å². The number of carbonyl (C=O) groups excluding carboxylic acids is 1. The Morgan fingerprint density at radius 3 is 2.50 bits per heavy atom. The fraction of sp³-hybridized carbons (Fsp3) is 0.938. The Morgan fingerprint density at radius 1 is 1.15 bits per heavy atom. The maximum Gasteiger partial charge on any atom is 0.260 e. The van der Waals surface area contributed by atoms with Gasteiger partial charge in [-0.1, -0.05) is 13.8 Å². The fourth-order valence-corrected chi connectivity index (χ4v) is 4.20. The molecule has 2 heterocycles. The maximum atomic E-state index is 14.3. The van der Waals surface area contributed by atoms with E-state index in [0.717, 1.165) is 39.0 Å². The number of hydrogen-bond donors (Lipinski definition) is 0. The Balaban J connectivity index is 1.67. The smallest absolute Gasteiger partial charge is 0.260 e. The van der Waals surface area contributed by atoms with Crippen molar-refractivity contribution in [3.63, 3.8) is 0 Å². The van der Waals surface area contributed by atoms with E-state index in [1.807, 2.05) is 4.90 Å². The zero-order chi connectivity index (χ0) is 14.4. The molecular formula is C16H27FN2O. The molecule has 4 heteroatoms. The van der Waals surface area contributed by atoms with E-state index in [4.69, 9.17) is 0 Å². The van der Waals surface area contributed by atoms with E-state index in [2.05, 4.69) is 18.7 Å². The molecule has 20 heavy (non-hydrogen) atoms. The standard InChI is InChI=1S/C16H27FN2O/c1-13(2)11-19-9-4-5-15(19)8-10-18(12-15)14(20)16(17)6-3-7-16/h13H,3-12H2,1-2H3/t15-/m1/s1. The molecule has 0 aromatic heterocycles. The van der Waals surface area contributed by atoms with Crippen molar-refractivity contribution in [2.45, 2.75) is 63.6 Å². The van der Waals surface area contributed by atoms with E-state index in [-0.39, 0.29) is 11.4 Å². The molecular weight excluding hydrogens is 255 g/mol. The second-order valence-corrected chi connectivity index (χ2v) is 7.46. The summed E-state index contributed by atoms with van der Waals surface area (Å²) in [4.78, 5) is 16.7. The van der Waals surface area contributed by atoms with E-state index in [1.165, 1.54) is 12.8 Å². The third-order valence-electron chi connectivity index (χ3n) is 5.48. The number of alkyl halides is 1. The van der Waals surface area contributed by atoms with Gasteiger partial charge in [0.05, 0.1) is 0 Å². The van der Waals surface area contributed by atoms with Crippen molar-refractivity contribution < 1.29 is 9.18 Å². The molecule has 0 radical (unpaired) electrons. The third kappa shape index (κ3) is 2.26. The molecule has 114 valence electrons. The molecule has 2 saturated heterocycles. The SMILES string of the molecule is CC(C)CN1CCC[C@]12CCN(C(=O)C1(F)CCC1)C2. The first kappa shape index (κ1) is 14.3. The Labute approximate surface area is 121 Å². The minimum Gasteiger partial charge on any atom is -0.338 e. The van der Waals surface area contributed by atoms with Gasteiger partial charge < -0.3 is 4.90 Å². The fourth-order valence-electron chi connectivity index (χ4n) is 4.20. The maximum absolute atomic E-state index is 14.3. The van der Waals surface area contributed by atoms with Crippen molar-refractivity contribution in [3.05, 3.63) is 0 Å². The number of hydrogen-bond acceptors (Lipinski definition) is 2. The highest BCUT2D eigenvalue weighted by molar-refractivity contribution is 5.86. The first-order valence-corrected chi connectivity index (χ1v) is 8.19. The molecule has 0 aromatic rings. The molecule has 1 spiro atoms. The van der Waals surface area contributed by atoms with Gasteiger partial charge in [0.25, 0.3) is 5.91 Å². The monoisotopic (exact) mass is 282 g/mol. The summed E-state index contributed by atoms with van der Waals surface area (Å²) >= 11 is 0. The van der Waals surface area contributed by atoms with Crippen LogP contribution >= 0.6 is 0 Å². The van der Waals surface area contributed by atoms with E-state index in [0.29, 0.717) is 18.8 Å². The second-order valence-electron chi connectivity index (χ2n) is 7.46. The van der Waals surface area contributed by atoms with Crippen LogP contribution < -0.4 is 0 Å². The molecule has 1 atom stereocenters. The number of nitrogens with zero attached hydrogens (tertiary/aromatic N) is 2. The number of amides is 1. The zero-order valence-electron chi connectivity index (χ0n) is 12.8. The minimum absolute atomic E-state index is 0.153. The average molecular weight is 282 g/mol. The summed E-state index contributed by atoms with van der Waals surface area (Å²) < 4.78 is 14.3. The van der Waals surface area contributed by atoms with Gasteiger partial charge in [-0.2, -0.15) is 0 Å². The van der Waals surface area contributed by atoms with Crippen molar-refractivity contribution in [1.29, 1.82) is 0 Å². The predicted octanol–water partition coefficient (Wildman–Crippen LogP) is 2.60. The van der Waals surface area contributed by atoms with Crippen LogP contribution in [0.2, 0.25) is 0 Å². The van der Waals surface area contributed by atoms with Gasteiger partial charge in [-0.05, 0) is 51.0 Å². The third-order valence-corrected chi connectivity index (χ3v) is 5.48. The zero-order valence-corrected chi connectivity index (χ0v) is 12.8. The molecule has 3 aliphatic rings. The van der Waals surface area contributed by atoms with Crippen molar-refractivity contribution in [3.8, 4) is 0 Å². The minimum atomic E-state index is -1.52. The van der Waals surface area contributed by atoms with Crippen molar-refractivity contribution in [2.75, 3.05) is 26.2 Å². The molecule has 3 nitrogen and oxygen atoms in total. The molecule has 1 aliphatic carbocycles. The van der Waals surface area contributed by atoms with Crippen LogP contribution in [0.15, 0.2) is 0 Å². The van der Waals surface area contributed by atoms with Gasteiger partial charge in [0, 0.05) is 25.2 Å². The lowest BCUT2D eigenvalue weighted by molar-refractivity contribution is -0.149. The molecule has 0 bridgehead atoms. The van der Waals surface area contributed by atoms with Crippen molar-refractivity contribution in [1.82, 2.24) is 9.80 Å². The van der Waals surface area contributed by atoms with E-state index >= 15 is 0 Å². The number of halogens is 1. The van der Waals surface area contributed by atoms with Crippen molar-refractivity contribution >= 4 is 5.91 Å². The predicted molar refractivity (Wildman–Crippen MR) is 77.3 cm³/mol. The molecule has 0 aromatic carbocycles. The van der Waals surface area contributed by atoms with Crippen LogP contribution in [0.25, 0.3) is 0 Å². The van der Waals surface area contributed by atoms with Crippen LogP contribution in [0.4, 0.5) is 4.39 Å². The highest BCUT2D eigenvalue weighted by Gasteiger charge is 2.52. The molecule has 3 fully saturated rings. The van der Waals surface area contributed by atoms with Crippen LogP contribution in [-0.4, -0.2) is 53.1 Å². The molecule has 0 N–H and O–H groups in total. The van der Waals surface area contributed by atoms with E-state index < -0.39 is 5.67 Å². The molecule has 1 amide bonds. The Bertz CT molecular complexity index is 394. The van der Waals surface area contributed by atoms with Crippen molar-refractivity contribution in [2.24, 2.45) is 5.92 Å². The van der Waals surface area contributed by atoms with Gasteiger partial charge in [0.1, 0.15) is 0 Å². The van der Waals surface area contributed by atoms with Crippen LogP contribution in [0.3, 0.4) is 0 Å². The normalized spacial score (nSPS) is 33.1. The molecule has 0 unspecified atom stereocenters. The van der Waals surface area contributed by atoms with Gasteiger partial charge in [-0.3, -0.25) is 9.69 Å². The Morgan fingerprint density at radius 2 is 1.90 bits per heavy atom. The quantitative estimate of drug-likeness (QED) is 0.794. The number of carbonyl (C=O) groups is 1. The summed E-state index contributed by atoms with van der Waals surface area (Å²) in [6.45, 7) is 8.23. The molecule has 2 aliphatic heterocycles. The first-order valence-electron chi connectivity index (χ1n) is 8.19. The summed E-state index contributed by atoms with van der Waals surface area (Å²) in [5.41, 5.74) is -1.37. The van der Waals surface area contributed by atoms with Gasteiger partial charge >= 0.3 is 0 Å². The topological polar surface area (TPSA) is 23.6 Å². The molecule has 1 saturated carbocycles. The highest BCUT2D eigenvalue weighted by Crippen LogP contribution is 2.42. The van der Waals surface area contributed by atoms with Gasteiger partial charge in [-0.15, -0.1) is 0 Å².